The van der Waals surface area contributed by atoms with E-state index in [-0.39, 0.29) is 11.9 Å². The van der Waals surface area contributed by atoms with E-state index in [1.807, 2.05) is 24.1 Å². The molecule has 0 fully saturated rings. The second-order valence-electron chi connectivity index (χ2n) is 5.11. The Morgan fingerprint density at radius 2 is 2.40 bits per heavy atom. The van der Waals surface area contributed by atoms with E-state index in [1.54, 1.807) is 12.1 Å². The molecular weight excluding hydrogens is 257 g/mol. The van der Waals surface area contributed by atoms with Crippen LogP contribution in [0.5, 0.6) is 5.75 Å². The minimum Gasteiger partial charge on any atom is -0.488 e. The highest BCUT2D eigenvalue weighted by Crippen LogP contribution is 2.29. The van der Waals surface area contributed by atoms with Crippen LogP contribution in [0, 0.1) is 5.82 Å². The van der Waals surface area contributed by atoms with Crippen LogP contribution in [-0.4, -0.2) is 29.2 Å². The first-order valence-corrected chi connectivity index (χ1v) is 6.85. The second-order valence-corrected chi connectivity index (χ2v) is 5.11. The van der Waals surface area contributed by atoms with E-state index in [1.165, 1.54) is 6.07 Å². The van der Waals surface area contributed by atoms with Gasteiger partial charge in [-0.1, -0.05) is 0 Å². The number of benzene rings is 1. The van der Waals surface area contributed by atoms with E-state index in [2.05, 4.69) is 10.3 Å². The lowest BCUT2D eigenvalue weighted by Gasteiger charge is -2.10. The van der Waals surface area contributed by atoms with Gasteiger partial charge in [-0.3, -0.25) is 0 Å². The largest absolute Gasteiger partial charge is 0.488 e. The van der Waals surface area contributed by atoms with Gasteiger partial charge in [0.15, 0.2) is 0 Å². The van der Waals surface area contributed by atoms with E-state index in [0.29, 0.717) is 0 Å². The van der Waals surface area contributed by atoms with E-state index in [9.17, 15) is 4.39 Å². The molecule has 1 N–H and O–H groups in total. The van der Waals surface area contributed by atoms with Gasteiger partial charge >= 0.3 is 0 Å². The standard InChI is InChI=1S/C15H18FN3O/c1-17-5-4-13-8-19(10-18-13)9-14-7-11-6-12(16)2-3-15(11)20-14/h2-3,6,8,10,14,17H,4-5,7,9H2,1H3. The average molecular weight is 275 g/mol. The lowest BCUT2D eigenvalue weighted by molar-refractivity contribution is 0.209. The summed E-state index contributed by atoms with van der Waals surface area (Å²) in [4.78, 5) is 4.37. The predicted molar refractivity (Wildman–Crippen MR) is 74.4 cm³/mol. The molecule has 1 aliphatic rings. The molecule has 5 heteroatoms. The normalized spacial score (nSPS) is 17.0. The van der Waals surface area contributed by atoms with Crippen LogP contribution in [0.3, 0.4) is 0 Å². The molecule has 0 spiro atoms. The van der Waals surface area contributed by atoms with Crippen molar-refractivity contribution in [2.75, 3.05) is 13.6 Å². The van der Waals surface area contributed by atoms with Gasteiger partial charge in [-0.05, 0) is 25.2 Å². The quantitative estimate of drug-likeness (QED) is 0.904. The van der Waals surface area contributed by atoms with Crippen molar-refractivity contribution in [3.05, 3.63) is 47.8 Å². The molecule has 0 saturated heterocycles. The van der Waals surface area contributed by atoms with Crippen molar-refractivity contribution in [2.45, 2.75) is 25.5 Å². The summed E-state index contributed by atoms with van der Waals surface area (Å²) in [7, 11) is 1.93. The zero-order valence-corrected chi connectivity index (χ0v) is 11.5. The van der Waals surface area contributed by atoms with Gasteiger partial charge in [0.1, 0.15) is 17.7 Å². The molecule has 106 valence electrons. The summed E-state index contributed by atoms with van der Waals surface area (Å²) >= 11 is 0. The van der Waals surface area contributed by atoms with Gasteiger partial charge in [-0.25, -0.2) is 9.37 Å². The fraction of sp³-hybridized carbons (Fsp3) is 0.400. The molecule has 3 rings (SSSR count). The molecule has 0 amide bonds. The Bertz CT molecular complexity index is 597. The highest BCUT2D eigenvalue weighted by Gasteiger charge is 2.23. The SMILES string of the molecule is CNCCc1cn(CC2Cc3cc(F)ccc3O2)cn1. The molecule has 0 saturated carbocycles. The van der Waals surface area contributed by atoms with Crippen LogP contribution in [0.15, 0.2) is 30.7 Å². The smallest absolute Gasteiger partial charge is 0.123 e. The van der Waals surface area contributed by atoms with Gasteiger partial charge in [-0.15, -0.1) is 0 Å². The zero-order chi connectivity index (χ0) is 13.9. The van der Waals surface area contributed by atoms with E-state index < -0.39 is 0 Å². The summed E-state index contributed by atoms with van der Waals surface area (Å²) in [5.74, 6) is 0.594. The van der Waals surface area contributed by atoms with Crippen molar-refractivity contribution in [1.29, 1.82) is 0 Å². The second kappa shape index (κ2) is 5.63. The van der Waals surface area contributed by atoms with Crippen molar-refractivity contribution >= 4 is 0 Å². The Kier molecular flexibility index (Phi) is 3.69. The van der Waals surface area contributed by atoms with Gasteiger partial charge in [-0.2, -0.15) is 0 Å². The maximum Gasteiger partial charge on any atom is 0.123 e. The topological polar surface area (TPSA) is 39.1 Å². The Labute approximate surface area is 117 Å². The summed E-state index contributed by atoms with van der Waals surface area (Å²) in [6.45, 7) is 1.66. The van der Waals surface area contributed by atoms with E-state index >= 15 is 0 Å². The summed E-state index contributed by atoms with van der Waals surface area (Å²) in [5, 5.41) is 3.11. The Balaban J connectivity index is 1.61. The third-order valence-electron chi connectivity index (χ3n) is 3.50. The molecule has 4 nitrogen and oxygen atoms in total. The Morgan fingerprint density at radius 3 is 3.25 bits per heavy atom. The number of hydrogen-bond donors (Lipinski definition) is 1. The number of fused-ring (bicyclic) bond motifs is 1. The third kappa shape index (κ3) is 2.82. The molecule has 2 aromatic rings. The van der Waals surface area contributed by atoms with Gasteiger partial charge in [0.25, 0.3) is 0 Å². The zero-order valence-electron chi connectivity index (χ0n) is 11.5. The molecule has 0 bridgehead atoms. The number of rotatable bonds is 5. The highest BCUT2D eigenvalue weighted by molar-refractivity contribution is 5.37. The molecule has 0 radical (unpaired) electrons. The number of likely N-dealkylation sites (N-methyl/N-ethyl adjacent to an activating group) is 1. The molecule has 1 atom stereocenters. The van der Waals surface area contributed by atoms with Gasteiger partial charge < -0.3 is 14.6 Å². The third-order valence-corrected chi connectivity index (χ3v) is 3.50. The molecule has 1 unspecified atom stereocenters. The summed E-state index contributed by atoms with van der Waals surface area (Å²) in [5.41, 5.74) is 2.02. The summed E-state index contributed by atoms with van der Waals surface area (Å²) in [6.07, 6.45) is 5.60. The van der Waals surface area contributed by atoms with Crippen LogP contribution >= 0.6 is 0 Å². The summed E-state index contributed by atoms with van der Waals surface area (Å²) < 4.78 is 21.0. The number of aromatic nitrogens is 2. The monoisotopic (exact) mass is 275 g/mol. The minimum atomic E-state index is -0.204. The first-order chi connectivity index (χ1) is 9.74. The molecule has 0 aliphatic carbocycles. The van der Waals surface area contributed by atoms with Gasteiger partial charge in [0.05, 0.1) is 18.6 Å². The number of ether oxygens (including phenoxy) is 1. The van der Waals surface area contributed by atoms with Crippen molar-refractivity contribution < 1.29 is 9.13 Å². The fourth-order valence-corrected chi connectivity index (χ4v) is 2.51. The van der Waals surface area contributed by atoms with Crippen molar-refractivity contribution in [1.82, 2.24) is 14.9 Å². The highest BCUT2D eigenvalue weighted by atomic mass is 19.1. The van der Waals surface area contributed by atoms with Crippen LogP contribution < -0.4 is 10.1 Å². The maximum absolute atomic E-state index is 13.2. The first kappa shape index (κ1) is 13.1. The fourth-order valence-electron chi connectivity index (χ4n) is 2.51. The molecular formula is C15H18FN3O. The molecule has 1 aromatic heterocycles. The van der Waals surface area contributed by atoms with Crippen molar-refractivity contribution in [3.63, 3.8) is 0 Å². The van der Waals surface area contributed by atoms with Gasteiger partial charge in [0, 0.05) is 31.1 Å². The Hall–Kier alpha value is -1.88. The van der Waals surface area contributed by atoms with Crippen LogP contribution in [0.1, 0.15) is 11.3 Å². The minimum absolute atomic E-state index is 0.0538. The number of imidazole rings is 1. The van der Waals surface area contributed by atoms with Crippen molar-refractivity contribution in [2.24, 2.45) is 0 Å². The Morgan fingerprint density at radius 1 is 1.50 bits per heavy atom. The lowest BCUT2D eigenvalue weighted by Crippen LogP contribution is -2.19. The molecule has 20 heavy (non-hydrogen) atoms. The molecule has 2 heterocycles. The van der Waals surface area contributed by atoms with E-state index in [4.69, 9.17) is 4.74 Å². The number of hydrogen-bond acceptors (Lipinski definition) is 3. The van der Waals surface area contributed by atoms with E-state index in [0.717, 1.165) is 42.9 Å². The first-order valence-electron chi connectivity index (χ1n) is 6.85. The molecule has 1 aromatic carbocycles. The van der Waals surface area contributed by atoms with Crippen LogP contribution in [-0.2, 0) is 19.4 Å². The van der Waals surface area contributed by atoms with Crippen LogP contribution in [0.4, 0.5) is 4.39 Å². The maximum atomic E-state index is 13.2. The van der Waals surface area contributed by atoms with Crippen LogP contribution in [0.2, 0.25) is 0 Å². The lowest BCUT2D eigenvalue weighted by atomic mass is 10.1. The predicted octanol–water partition coefficient (Wildman–Crippen LogP) is 1.79. The number of nitrogens with zero attached hydrogens (tertiary/aromatic N) is 2. The van der Waals surface area contributed by atoms with Gasteiger partial charge in [0.2, 0.25) is 0 Å². The number of halogens is 1. The summed E-state index contributed by atoms with van der Waals surface area (Å²) in [6, 6.07) is 4.70. The van der Waals surface area contributed by atoms with Crippen molar-refractivity contribution in [3.8, 4) is 5.75 Å². The molecule has 1 aliphatic heterocycles. The van der Waals surface area contributed by atoms with Crippen LogP contribution in [0.25, 0.3) is 0 Å². The number of nitrogens with one attached hydrogen (secondary N) is 1. The average Bonchev–Trinajstić information content (AvgIpc) is 3.02.